The van der Waals surface area contributed by atoms with Crippen LogP contribution in [0.25, 0.3) is 0 Å². The second-order valence-electron chi connectivity index (χ2n) is 6.65. The third kappa shape index (κ3) is 3.19. The molecule has 2 aliphatic rings. The Bertz CT molecular complexity index is 573. The predicted octanol–water partition coefficient (Wildman–Crippen LogP) is 2.61. The summed E-state index contributed by atoms with van der Waals surface area (Å²) in [7, 11) is 0. The van der Waals surface area contributed by atoms with Gasteiger partial charge in [-0.2, -0.15) is 0 Å². The fraction of sp³-hybridized carbons (Fsp3) is 0.647. The van der Waals surface area contributed by atoms with Crippen LogP contribution in [0.15, 0.2) is 5.38 Å². The minimum Gasteiger partial charge on any atom is -0.349 e. The van der Waals surface area contributed by atoms with Crippen molar-refractivity contribution >= 4 is 23.2 Å². The molecule has 1 unspecified atom stereocenters. The van der Waals surface area contributed by atoms with Crippen molar-refractivity contribution < 1.29 is 9.59 Å². The van der Waals surface area contributed by atoms with E-state index < -0.39 is 0 Å². The van der Waals surface area contributed by atoms with Crippen LogP contribution in [0.3, 0.4) is 0 Å². The van der Waals surface area contributed by atoms with Crippen LogP contribution in [0.4, 0.5) is 0 Å². The van der Waals surface area contributed by atoms with E-state index in [2.05, 4.69) is 12.2 Å². The number of amides is 2. The van der Waals surface area contributed by atoms with Crippen molar-refractivity contribution in [3.8, 4) is 0 Å². The highest BCUT2D eigenvalue weighted by atomic mass is 32.1. The molecule has 1 N–H and O–H groups in total. The molecular formula is C17H24N2O2S. The van der Waals surface area contributed by atoms with E-state index in [1.165, 1.54) is 16.9 Å². The van der Waals surface area contributed by atoms with Gasteiger partial charge in [0.1, 0.15) is 0 Å². The number of carbonyl (C=O) groups is 2. The van der Waals surface area contributed by atoms with Crippen molar-refractivity contribution in [2.45, 2.75) is 52.0 Å². The number of fused-ring (bicyclic) bond motifs is 1. The number of carbonyl (C=O) groups excluding carboxylic acids is 2. The van der Waals surface area contributed by atoms with Crippen LogP contribution in [0.2, 0.25) is 0 Å². The van der Waals surface area contributed by atoms with Gasteiger partial charge in [-0.3, -0.25) is 9.59 Å². The SMILES string of the molecule is CC(=O)N1CCC(NC(=O)c2csc3c2CCC(C)C3)CC1. The Morgan fingerprint density at radius 2 is 2.00 bits per heavy atom. The van der Waals surface area contributed by atoms with Crippen LogP contribution in [0.5, 0.6) is 0 Å². The van der Waals surface area contributed by atoms with Crippen LogP contribution < -0.4 is 5.32 Å². The van der Waals surface area contributed by atoms with Gasteiger partial charge in [0.15, 0.2) is 0 Å². The molecule has 2 amide bonds. The smallest absolute Gasteiger partial charge is 0.252 e. The van der Waals surface area contributed by atoms with Gasteiger partial charge in [0.25, 0.3) is 5.91 Å². The fourth-order valence-electron chi connectivity index (χ4n) is 3.47. The molecule has 1 fully saturated rings. The van der Waals surface area contributed by atoms with Gasteiger partial charge in [-0.25, -0.2) is 0 Å². The third-order valence-corrected chi connectivity index (χ3v) is 5.97. The van der Waals surface area contributed by atoms with E-state index in [-0.39, 0.29) is 17.9 Å². The van der Waals surface area contributed by atoms with Crippen molar-refractivity contribution in [3.63, 3.8) is 0 Å². The Morgan fingerprint density at radius 3 is 2.68 bits per heavy atom. The maximum atomic E-state index is 12.6. The normalized spacial score (nSPS) is 22.3. The number of thiophene rings is 1. The summed E-state index contributed by atoms with van der Waals surface area (Å²) in [5.41, 5.74) is 2.17. The molecule has 1 saturated heterocycles. The summed E-state index contributed by atoms with van der Waals surface area (Å²) >= 11 is 1.74. The number of piperidine rings is 1. The van der Waals surface area contributed by atoms with Crippen LogP contribution in [0.1, 0.15) is 53.9 Å². The van der Waals surface area contributed by atoms with Crippen molar-refractivity contribution in [3.05, 3.63) is 21.4 Å². The van der Waals surface area contributed by atoms with Gasteiger partial charge in [0.2, 0.25) is 5.91 Å². The Hall–Kier alpha value is -1.36. The molecule has 3 rings (SSSR count). The minimum atomic E-state index is 0.0772. The summed E-state index contributed by atoms with van der Waals surface area (Å²) in [6.07, 6.45) is 5.04. The highest BCUT2D eigenvalue weighted by Crippen LogP contribution is 2.32. The second kappa shape index (κ2) is 6.41. The van der Waals surface area contributed by atoms with Crippen molar-refractivity contribution in [1.82, 2.24) is 10.2 Å². The first-order chi connectivity index (χ1) is 10.5. The summed E-state index contributed by atoms with van der Waals surface area (Å²) in [4.78, 5) is 27.2. The molecule has 1 aliphatic carbocycles. The monoisotopic (exact) mass is 320 g/mol. The molecule has 120 valence electrons. The maximum Gasteiger partial charge on any atom is 0.252 e. The number of hydrogen-bond donors (Lipinski definition) is 1. The van der Waals surface area contributed by atoms with Gasteiger partial charge in [-0.15, -0.1) is 11.3 Å². The number of nitrogens with one attached hydrogen (secondary N) is 1. The topological polar surface area (TPSA) is 49.4 Å². The summed E-state index contributed by atoms with van der Waals surface area (Å²) < 4.78 is 0. The molecule has 0 spiro atoms. The zero-order valence-electron chi connectivity index (χ0n) is 13.4. The molecule has 0 aromatic carbocycles. The quantitative estimate of drug-likeness (QED) is 0.910. The first kappa shape index (κ1) is 15.5. The minimum absolute atomic E-state index is 0.0772. The molecule has 0 radical (unpaired) electrons. The summed E-state index contributed by atoms with van der Waals surface area (Å²) in [6.45, 7) is 5.39. The van der Waals surface area contributed by atoms with Gasteiger partial charge < -0.3 is 10.2 Å². The van der Waals surface area contributed by atoms with E-state index in [0.29, 0.717) is 0 Å². The Morgan fingerprint density at radius 1 is 1.27 bits per heavy atom. The van der Waals surface area contributed by atoms with Gasteiger partial charge in [0.05, 0.1) is 5.56 Å². The number of rotatable bonds is 2. The van der Waals surface area contributed by atoms with E-state index in [1.807, 2.05) is 10.3 Å². The molecule has 5 heteroatoms. The third-order valence-electron chi connectivity index (χ3n) is 4.92. The molecule has 22 heavy (non-hydrogen) atoms. The van der Waals surface area contributed by atoms with Crippen molar-refractivity contribution in [2.24, 2.45) is 5.92 Å². The average molecular weight is 320 g/mol. The largest absolute Gasteiger partial charge is 0.349 e. The van der Waals surface area contributed by atoms with Gasteiger partial charge in [0, 0.05) is 36.3 Å². The van der Waals surface area contributed by atoms with Crippen LogP contribution in [-0.2, 0) is 17.6 Å². The lowest BCUT2D eigenvalue weighted by molar-refractivity contribution is -0.129. The van der Waals surface area contributed by atoms with Crippen molar-refractivity contribution in [2.75, 3.05) is 13.1 Å². The molecule has 1 atom stereocenters. The lowest BCUT2D eigenvalue weighted by Crippen LogP contribution is -2.46. The zero-order valence-corrected chi connectivity index (χ0v) is 14.2. The van der Waals surface area contributed by atoms with E-state index in [0.717, 1.165) is 50.3 Å². The zero-order chi connectivity index (χ0) is 15.7. The summed E-state index contributed by atoms with van der Waals surface area (Å²) in [6, 6.07) is 0.196. The van der Waals surface area contributed by atoms with Crippen molar-refractivity contribution in [1.29, 1.82) is 0 Å². The fourth-order valence-corrected chi connectivity index (χ4v) is 4.71. The van der Waals surface area contributed by atoms with E-state index in [4.69, 9.17) is 0 Å². The Kier molecular flexibility index (Phi) is 4.52. The molecule has 2 heterocycles. The summed E-state index contributed by atoms with van der Waals surface area (Å²) in [5, 5.41) is 5.20. The lowest BCUT2D eigenvalue weighted by atomic mass is 9.88. The summed E-state index contributed by atoms with van der Waals surface area (Å²) in [5.74, 6) is 0.942. The first-order valence-corrected chi connectivity index (χ1v) is 9.08. The molecule has 0 saturated carbocycles. The molecule has 0 bridgehead atoms. The average Bonchev–Trinajstić information content (AvgIpc) is 2.90. The number of hydrogen-bond acceptors (Lipinski definition) is 3. The molecular weight excluding hydrogens is 296 g/mol. The van der Waals surface area contributed by atoms with Gasteiger partial charge >= 0.3 is 0 Å². The van der Waals surface area contributed by atoms with Crippen LogP contribution in [0, 0.1) is 5.92 Å². The van der Waals surface area contributed by atoms with E-state index in [1.54, 1.807) is 18.3 Å². The standard InChI is InChI=1S/C17H24N2O2S/c1-11-3-4-14-15(10-22-16(14)9-11)17(21)18-13-5-7-19(8-6-13)12(2)20/h10-11,13H,3-9H2,1-2H3,(H,18,21). The van der Waals surface area contributed by atoms with E-state index >= 15 is 0 Å². The first-order valence-electron chi connectivity index (χ1n) is 8.20. The van der Waals surface area contributed by atoms with Crippen LogP contribution in [-0.4, -0.2) is 35.8 Å². The number of nitrogens with zero attached hydrogens (tertiary/aromatic N) is 1. The Balaban J connectivity index is 1.60. The highest BCUT2D eigenvalue weighted by Gasteiger charge is 2.26. The van der Waals surface area contributed by atoms with Gasteiger partial charge in [-0.05, 0) is 43.6 Å². The molecule has 1 aromatic heterocycles. The molecule has 4 nitrogen and oxygen atoms in total. The predicted molar refractivity (Wildman–Crippen MR) is 88.3 cm³/mol. The second-order valence-corrected chi connectivity index (χ2v) is 7.62. The maximum absolute atomic E-state index is 12.6. The molecule has 1 aromatic rings. The number of likely N-dealkylation sites (tertiary alicyclic amines) is 1. The van der Waals surface area contributed by atoms with E-state index in [9.17, 15) is 9.59 Å². The highest BCUT2D eigenvalue weighted by molar-refractivity contribution is 7.10. The Labute approximate surface area is 135 Å². The van der Waals surface area contributed by atoms with Gasteiger partial charge in [-0.1, -0.05) is 6.92 Å². The lowest BCUT2D eigenvalue weighted by Gasteiger charge is -2.31. The van der Waals surface area contributed by atoms with Crippen LogP contribution >= 0.6 is 11.3 Å². The molecule has 1 aliphatic heterocycles.